The van der Waals surface area contributed by atoms with Crippen molar-refractivity contribution in [1.82, 2.24) is 5.32 Å². The van der Waals surface area contributed by atoms with Crippen molar-refractivity contribution < 1.29 is 24.2 Å². The van der Waals surface area contributed by atoms with Crippen molar-refractivity contribution in [3.05, 3.63) is 65.7 Å². The number of carboxylic acid groups (broad SMARTS) is 1. The lowest BCUT2D eigenvalue weighted by Crippen LogP contribution is -2.41. The fourth-order valence-corrected chi connectivity index (χ4v) is 2.27. The molecule has 2 rings (SSSR count). The second-order valence-electron chi connectivity index (χ2n) is 5.48. The molecule has 0 saturated heterocycles. The van der Waals surface area contributed by atoms with E-state index in [0.29, 0.717) is 6.42 Å². The highest BCUT2D eigenvalue weighted by Crippen LogP contribution is 2.13. The summed E-state index contributed by atoms with van der Waals surface area (Å²) in [4.78, 5) is 23.2. The molecule has 2 N–H and O–H groups in total. The number of alkyl carbamates (subject to hydrolysis) is 1. The number of carbonyl (C=O) groups excluding carboxylic acids is 1. The average Bonchev–Trinajstić information content (AvgIpc) is 2.64. The number of benzene rings is 2. The van der Waals surface area contributed by atoms with E-state index in [1.807, 2.05) is 54.6 Å². The van der Waals surface area contributed by atoms with Gasteiger partial charge in [-0.3, -0.25) is 0 Å². The van der Waals surface area contributed by atoms with Crippen LogP contribution in [0.15, 0.2) is 54.6 Å². The number of amides is 1. The number of methoxy groups -OCH3 is 1. The highest BCUT2D eigenvalue weighted by Gasteiger charge is 2.20. The van der Waals surface area contributed by atoms with Gasteiger partial charge in [0.2, 0.25) is 0 Å². The Bertz CT molecular complexity index is 685. The van der Waals surface area contributed by atoms with Gasteiger partial charge >= 0.3 is 12.1 Å². The van der Waals surface area contributed by atoms with Gasteiger partial charge in [-0.1, -0.05) is 42.5 Å². The second kappa shape index (κ2) is 9.32. The first-order valence-electron chi connectivity index (χ1n) is 7.91. The summed E-state index contributed by atoms with van der Waals surface area (Å²) in [5, 5.41) is 11.7. The Morgan fingerprint density at radius 1 is 1.04 bits per heavy atom. The first-order valence-corrected chi connectivity index (χ1v) is 7.91. The van der Waals surface area contributed by atoms with Gasteiger partial charge in [-0.25, -0.2) is 9.59 Å². The molecule has 2 aromatic rings. The van der Waals surface area contributed by atoms with Gasteiger partial charge in [0.25, 0.3) is 0 Å². The summed E-state index contributed by atoms with van der Waals surface area (Å²) in [6.45, 7) is 0.0947. The topological polar surface area (TPSA) is 84.9 Å². The lowest BCUT2D eigenvalue weighted by atomic mass is 10.1. The standard InChI is InChI=1S/C19H21NO5/c1-24-16-10-7-14(8-11-16)9-12-17(18(21)22)20-19(23)25-13-15-5-3-2-4-6-15/h2-8,10-11,17H,9,12-13H2,1H3,(H,20,23)(H,21,22). The monoisotopic (exact) mass is 343 g/mol. The number of carbonyl (C=O) groups is 2. The number of hydrogen-bond donors (Lipinski definition) is 2. The van der Waals surface area contributed by atoms with Crippen molar-refractivity contribution in [3.63, 3.8) is 0 Å². The van der Waals surface area contributed by atoms with E-state index in [2.05, 4.69) is 5.32 Å². The van der Waals surface area contributed by atoms with Gasteiger partial charge in [0.15, 0.2) is 0 Å². The third-order valence-electron chi connectivity index (χ3n) is 3.68. The van der Waals surface area contributed by atoms with Crippen LogP contribution in [0.4, 0.5) is 4.79 Å². The molecule has 0 saturated carbocycles. The summed E-state index contributed by atoms with van der Waals surface area (Å²) in [6, 6.07) is 15.5. The zero-order chi connectivity index (χ0) is 18.1. The van der Waals surface area contributed by atoms with Gasteiger partial charge < -0.3 is 19.9 Å². The van der Waals surface area contributed by atoms with Crippen LogP contribution < -0.4 is 10.1 Å². The molecule has 1 atom stereocenters. The maximum atomic E-state index is 11.8. The molecule has 6 nitrogen and oxygen atoms in total. The molecule has 1 amide bonds. The Morgan fingerprint density at radius 2 is 1.72 bits per heavy atom. The molecule has 2 aromatic carbocycles. The molecule has 25 heavy (non-hydrogen) atoms. The molecule has 1 unspecified atom stereocenters. The molecule has 0 aliphatic rings. The van der Waals surface area contributed by atoms with Gasteiger partial charge in [0.1, 0.15) is 18.4 Å². The lowest BCUT2D eigenvalue weighted by Gasteiger charge is -2.14. The van der Waals surface area contributed by atoms with Gasteiger partial charge in [-0.15, -0.1) is 0 Å². The fourth-order valence-electron chi connectivity index (χ4n) is 2.27. The number of hydrogen-bond acceptors (Lipinski definition) is 4. The summed E-state index contributed by atoms with van der Waals surface area (Å²) in [7, 11) is 1.58. The smallest absolute Gasteiger partial charge is 0.408 e. The number of aryl methyl sites for hydroxylation is 1. The molecule has 0 radical (unpaired) electrons. The molecule has 6 heteroatoms. The molecule has 0 fully saturated rings. The quantitative estimate of drug-likeness (QED) is 0.770. The third-order valence-corrected chi connectivity index (χ3v) is 3.68. The molecule has 132 valence electrons. The minimum absolute atomic E-state index is 0.0947. The number of nitrogens with one attached hydrogen (secondary N) is 1. The predicted octanol–water partition coefficient (Wildman–Crippen LogP) is 3.01. The van der Waals surface area contributed by atoms with Gasteiger partial charge in [-0.2, -0.15) is 0 Å². The van der Waals surface area contributed by atoms with E-state index in [1.165, 1.54) is 0 Å². The van der Waals surface area contributed by atoms with Crippen LogP contribution in [0.2, 0.25) is 0 Å². The number of aliphatic carboxylic acids is 1. The molecular formula is C19H21NO5. The Balaban J connectivity index is 1.82. The summed E-state index contributed by atoms with van der Waals surface area (Å²) in [6.07, 6.45) is 0.0353. The van der Waals surface area contributed by atoms with Crippen molar-refractivity contribution >= 4 is 12.1 Å². The van der Waals surface area contributed by atoms with E-state index in [-0.39, 0.29) is 13.0 Å². The number of ether oxygens (including phenoxy) is 2. The van der Waals surface area contributed by atoms with Crippen LogP contribution in [0, 0.1) is 0 Å². The molecule has 0 aromatic heterocycles. The summed E-state index contributed by atoms with van der Waals surface area (Å²) in [5.74, 6) is -0.355. The van der Waals surface area contributed by atoms with Crippen LogP contribution in [-0.2, 0) is 22.6 Å². The van der Waals surface area contributed by atoms with Crippen LogP contribution in [0.5, 0.6) is 5.75 Å². The van der Waals surface area contributed by atoms with E-state index in [0.717, 1.165) is 16.9 Å². The highest BCUT2D eigenvalue weighted by atomic mass is 16.5. The van der Waals surface area contributed by atoms with Gasteiger partial charge in [-0.05, 0) is 36.1 Å². The predicted molar refractivity (Wildman–Crippen MR) is 92.5 cm³/mol. The van der Waals surface area contributed by atoms with Crippen LogP contribution >= 0.6 is 0 Å². The maximum Gasteiger partial charge on any atom is 0.408 e. The number of carboxylic acids is 1. The lowest BCUT2D eigenvalue weighted by molar-refractivity contribution is -0.139. The van der Waals surface area contributed by atoms with E-state index in [1.54, 1.807) is 7.11 Å². The van der Waals surface area contributed by atoms with Gasteiger partial charge in [0.05, 0.1) is 7.11 Å². The fraction of sp³-hybridized carbons (Fsp3) is 0.263. The largest absolute Gasteiger partial charge is 0.497 e. The van der Waals surface area contributed by atoms with Crippen LogP contribution in [-0.4, -0.2) is 30.3 Å². The molecular weight excluding hydrogens is 322 g/mol. The highest BCUT2D eigenvalue weighted by molar-refractivity contribution is 5.79. The van der Waals surface area contributed by atoms with Crippen molar-refractivity contribution in [2.45, 2.75) is 25.5 Å². The van der Waals surface area contributed by atoms with Crippen molar-refractivity contribution in [3.8, 4) is 5.75 Å². The average molecular weight is 343 g/mol. The van der Waals surface area contributed by atoms with Gasteiger partial charge in [0, 0.05) is 0 Å². The van der Waals surface area contributed by atoms with Crippen LogP contribution in [0.1, 0.15) is 17.5 Å². The summed E-state index contributed by atoms with van der Waals surface area (Å²) >= 11 is 0. The Kier molecular flexibility index (Phi) is 6.83. The second-order valence-corrected chi connectivity index (χ2v) is 5.48. The van der Waals surface area contributed by atoms with E-state index >= 15 is 0 Å². The van der Waals surface area contributed by atoms with Crippen molar-refractivity contribution in [2.75, 3.05) is 7.11 Å². The molecule has 0 aliphatic heterocycles. The Hall–Kier alpha value is -3.02. The third kappa shape index (κ3) is 6.18. The minimum atomic E-state index is -1.09. The zero-order valence-electron chi connectivity index (χ0n) is 14.0. The zero-order valence-corrected chi connectivity index (χ0v) is 14.0. The first-order chi connectivity index (χ1) is 12.1. The SMILES string of the molecule is COc1ccc(CCC(NC(=O)OCc2ccccc2)C(=O)O)cc1. The minimum Gasteiger partial charge on any atom is -0.497 e. The van der Waals surface area contributed by atoms with Crippen LogP contribution in [0.25, 0.3) is 0 Å². The first kappa shape index (κ1) is 18.3. The molecule has 0 spiro atoms. The van der Waals surface area contributed by atoms with Crippen LogP contribution in [0.3, 0.4) is 0 Å². The molecule has 0 heterocycles. The van der Waals surface area contributed by atoms with Crippen molar-refractivity contribution in [2.24, 2.45) is 0 Å². The summed E-state index contributed by atoms with van der Waals surface area (Å²) in [5.41, 5.74) is 1.80. The molecule has 0 aliphatic carbocycles. The molecule has 0 bridgehead atoms. The van der Waals surface area contributed by atoms with E-state index in [9.17, 15) is 14.7 Å². The normalized spacial score (nSPS) is 11.4. The number of rotatable bonds is 8. The van der Waals surface area contributed by atoms with E-state index in [4.69, 9.17) is 9.47 Å². The summed E-state index contributed by atoms with van der Waals surface area (Å²) < 4.78 is 10.1. The van der Waals surface area contributed by atoms with Crippen molar-refractivity contribution in [1.29, 1.82) is 0 Å². The maximum absolute atomic E-state index is 11.8. The Labute approximate surface area is 146 Å². The van der Waals surface area contributed by atoms with E-state index < -0.39 is 18.1 Å². The Morgan fingerprint density at radius 3 is 2.32 bits per heavy atom.